The van der Waals surface area contributed by atoms with Gasteiger partial charge in [0.1, 0.15) is 0 Å². The number of nitro benzene ring substituents is 1. The van der Waals surface area contributed by atoms with Crippen LogP contribution < -0.4 is 5.76 Å². The number of aryl methyl sites for hydroxylation is 1. The SMILES string of the molecule is COC(=O)CCn1c(=O)oc2cc([N+](=O)[O-])ccc21. The number of benzene rings is 1. The summed E-state index contributed by atoms with van der Waals surface area (Å²) in [6, 6.07) is 3.85. The molecule has 0 bridgehead atoms. The molecule has 19 heavy (non-hydrogen) atoms. The summed E-state index contributed by atoms with van der Waals surface area (Å²) in [5.74, 6) is -1.12. The van der Waals surface area contributed by atoms with Gasteiger partial charge in [-0.05, 0) is 6.07 Å². The van der Waals surface area contributed by atoms with Gasteiger partial charge in [0.25, 0.3) is 5.69 Å². The van der Waals surface area contributed by atoms with E-state index >= 15 is 0 Å². The molecule has 0 saturated heterocycles. The number of nitro groups is 1. The topological polar surface area (TPSA) is 105 Å². The summed E-state index contributed by atoms with van der Waals surface area (Å²) in [5, 5.41) is 10.6. The lowest BCUT2D eigenvalue weighted by Crippen LogP contribution is -2.16. The molecule has 1 aromatic carbocycles. The van der Waals surface area contributed by atoms with Gasteiger partial charge in [-0.25, -0.2) is 4.79 Å². The summed E-state index contributed by atoms with van der Waals surface area (Å²) >= 11 is 0. The molecule has 0 fully saturated rings. The van der Waals surface area contributed by atoms with Crippen molar-refractivity contribution in [3.63, 3.8) is 0 Å². The molecule has 8 heteroatoms. The number of nitrogens with zero attached hydrogens (tertiary/aromatic N) is 2. The lowest BCUT2D eigenvalue weighted by Gasteiger charge is -2.00. The number of fused-ring (bicyclic) bond motifs is 1. The van der Waals surface area contributed by atoms with Crippen LogP contribution in [0.4, 0.5) is 5.69 Å². The number of aromatic nitrogens is 1. The molecule has 0 amide bonds. The summed E-state index contributed by atoms with van der Waals surface area (Å²) in [6.45, 7) is 0.0936. The van der Waals surface area contributed by atoms with Gasteiger partial charge in [-0.1, -0.05) is 0 Å². The number of carbonyl (C=O) groups excluding carboxylic acids is 1. The predicted molar refractivity (Wildman–Crippen MR) is 63.8 cm³/mol. The van der Waals surface area contributed by atoms with Crippen LogP contribution in [0.25, 0.3) is 11.1 Å². The molecule has 0 aliphatic rings. The van der Waals surface area contributed by atoms with Crippen LogP contribution in [0.1, 0.15) is 6.42 Å². The molecule has 8 nitrogen and oxygen atoms in total. The smallest absolute Gasteiger partial charge is 0.419 e. The largest absolute Gasteiger partial charge is 0.469 e. The van der Waals surface area contributed by atoms with Crippen molar-refractivity contribution in [3.05, 3.63) is 38.9 Å². The zero-order valence-corrected chi connectivity index (χ0v) is 9.99. The van der Waals surface area contributed by atoms with E-state index in [-0.39, 0.29) is 24.2 Å². The van der Waals surface area contributed by atoms with Crippen LogP contribution in [-0.4, -0.2) is 22.6 Å². The van der Waals surface area contributed by atoms with E-state index in [1.807, 2.05) is 0 Å². The highest BCUT2D eigenvalue weighted by Crippen LogP contribution is 2.20. The first kappa shape index (κ1) is 12.8. The van der Waals surface area contributed by atoms with Gasteiger partial charge in [0.05, 0.1) is 30.0 Å². The Labute approximate surface area is 106 Å². The molecular formula is C11H10N2O6. The molecule has 2 rings (SSSR count). The normalized spacial score (nSPS) is 10.6. The van der Waals surface area contributed by atoms with Crippen molar-refractivity contribution in [1.29, 1.82) is 0 Å². The van der Waals surface area contributed by atoms with Gasteiger partial charge in [-0.2, -0.15) is 0 Å². The molecular weight excluding hydrogens is 256 g/mol. The van der Waals surface area contributed by atoms with Crippen molar-refractivity contribution in [2.75, 3.05) is 7.11 Å². The molecule has 0 radical (unpaired) electrons. The van der Waals surface area contributed by atoms with E-state index in [1.54, 1.807) is 0 Å². The Balaban J connectivity index is 2.39. The minimum Gasteiger partial charge on any atom is -0.469 e. The summed E-state index contributed by atoms with van der Waals surface area (Å²) in [4.78, 5) is 32.7. The van der Waals surface area contributed by atoms with Crippen molar-refractivity contribution >= 4 is 22.8 Å². The first-order chi connectivity index (χ1) is 9.02. The summed E-state index contributed by atoms with van der Waals surface area (Å²) in [6.07, 6.45) is 0.0159. The van der Waals surface area contributed by atoms with Crippen LogP contribution in [0.2, 0.25) is 0 Å². The highest BCUT2D eigenvalue weighted by atomic mass is 16.6. The Bertz CT molecular complexity index is 699. The lowest BCUT2D eigenvalue weighted by molar-refractivity contribution is -0.384. The molecule has 0 unspecified atom stereocenters. The van der Waals surface area contributed by atoms with Crippen molar-refractivity contribution in [2.24, 2.45) is 0 Å². The maximum Gasteiger partial charge on any atom is 0.419 e. The van der Waals surface area contributed by atoms with Gasteiger partial charge < -0.3 is 9.15 Å². The number of hydrogen-bond acceptors (Lipinski definition) is 6. The molecule has 2 aromatic rings. The number of hydrogen-bond donors (Lipinski definition) is 0. The standard InChI is InChI=1S/C11H10N2O6/c1-18-10(14)4-5-12-8-3-2-7(13(16)17)6-9(8)19-11(12)15/h2-3,6H,4-5H2,1H3. The summed E-state index contributed by atoms with van der Waals surface area (Å²) < 4.78 is 10.6. The zero-order valence-electron chi connectivity index (χ0n) is 9.99. The van der Waals surface area contributed by atoms with Crippen LogP contribution in [0, 0.1) is 10.1 Å². The molecule has 100 valence electrons. The fourth-order valence-electron chi connectivity index (χ4n) is 1.69. The molecule has 0 saturated carbocycles. The minimum absolute atomic E-state index is 0.0159. The third kappa shape index (κ3) is 2.46. The van der Waals surface area contributed by atoms with Gasteiger partial charge >= 0.3 is 11.7 Å². The van der Waals surface area contributed by atoms with E-state index in [4.69, 9.17) is 4.42 Å². The number of oxazole rings is 1. The van der Waals surface area contributed by atoms with E-state index in [0.29, 0.717) is 5.52 Å². The molecule has 0 atom stereocenters. The van der Waals surface area contributed by atoms with Gasteiger partial charge in [0.2, 0.25) is 0 Å². The Kier molecular flexibility index (Phi) is 3.32. The Morgan fingerprint density at radius 3 is 2.89 bits per heavy atom. The lowest BCUT2D eigenvalue weighted by atomic mass is 10.3. The average molecular weight is 266 g/mol. The third-order valence-corrected chi connectivity index (χ3v) is 2.63. The molecule has 0 aliphatic heterocycles. The molecule has 1 aromatic heterocycles. The van der Waals surface area contributed by atoms with Crippen molar-refractivity contribution < 1.29 is 18.9 Å². The van der Waals surface area contributed by atoms with Crippen LogP contribution in [0.3, 0.4) is 0 Å². The summed E-state index contributed by atoms with van der Waals surface area (Å²) in [7, 11) is 1.25. The van der Waals surface area contributed by atoms with Crippen LogP contribution in [0.5, 0.6) is 0 Å². The van der Waals surface area contributed by atoms with Gasteiger partial charge in [0.15, 0.2) is 5.58 Å². The Hall–Kier alpha value is -2.64. The monoisotopic (exact) mass is 266 g/mol. The van der Waals surface area contributed by atoms with E-state index in [9.17, 15) is 19.7 Å². The quantitative estimate of drug-likeness (QED) is 0.465. The van der Waals surface area contributed by atoms with Gasteiger partial charge in [-0.15, -0.1) is 0 Å². The van der Waals surface area contributed by atoms with E-state index < -0.39 is 16.6 Å². The Morgan fingerprint density at radius 2 is 2.26 bits per heavy atom. The van der Waals surface area contributed by atoms with Crippen LogP contribution in [0.15, 0.2) is 27.4 Å². The number of ether oxygens (including phenoxy) is 1. The van der Waals surface area contributed by atoms with Crippen LogP contribution >= 0.6 is 0 Å². The fraction of sp³-hybridized carbons (Fsp3) is 0.273. The third-order valence-electron chi connectivity index (χ3n) is 2.63. The predicted octanol–water partition coefficient (Wildman–Crippen LogP) is 1.07. The number of methoxy groups -OCH3 is 1. The molecule has 0 aliphatic carbocycles. The average Bonchev–Trinajstić information content (AvgIpc) is 2.70. The first-order valence-electron chi connectivity index (χ1n) is 5.37. The first-order valence-corrected chi connectivity index (χ1v) is 5.37. The van der Waals surface area contributed by atoms with Crippen molar-refractivity contribution in [2.45, 2.75) is 13.0 Å². The van der Waals surface area contributed by atoms with Gasteiger partial charge in [-0.3, -0.25) is 19.5 Å². The Morgan fingerprint density at radius 1 is 1.53 bits per heavy atom. The number of rotatable bonds is 4. The summed E-state index contributed by atoms with van der Waals surface area (Å²) in [5.41, 5.74) is 0.352. The van der Waals surface area contributed by atoms with Crippen molar-refractivity contribution in [3.8, 4) is 0 Å². The van der Waals surface area contributed by atoms with Crippen LogP contribution in [-0.2, 0) is 16.1 Å². The van der Waals surface area contributed by atoms with E-state index in [2.05, 4.69) is 4.74 Å². The molecule has 1 heterocycles. The number of esters is 1. The number of non-ortho nitro benzene ring substituents is 1. The molecule has 0 N–H and O–H groups in total. The van der Waals surface area contributed by atoms with E-state index in [1.165, 1.54) is 29.9 Å². The number of carbonyl (C=O) groups is 1. The molecule has 0 spiro atoms. The zero-order chi connectivity index (χ0) is 14.0. The fourth-order valence-corrected chi connectivity index (χ4v) is 1.69. The van der Waals surface area contributed by atoms with Gasteiger partial charge in [0, 0.05) is 12.6 Å². The van der Waals surface area contributed by atoms with E-state index in [0.717, 1.165) is 0 Å². The maximum absolute atomic E-state index is 11.6. The highest BCUT2D eigenvalue weighted by Gasteiger charge is 2.14. The second-order valence-electron chi connectivity index (χ2n) is 3.75. The maximum atomic E-state index is 11.6. The van der Waals surface area contributed by atoms with Crippen molar-refractivity contribution in [1.82, 2.24) is 4.57 Å². The second-order valence-corrected chi connectivity index (χ2v) is 3.75. The second kappa shape index (κ2) is 4.92. The minimum atomic E-state index is -0.667. The highest BCUT2D eigenvalue weighted by molar-refractivity contribution is 5.76.